The molecule has 0 unspecified atom stereocenters. The van der Waals surface area contributed by atoms with Crippen LogP contribution in [0.2, 0.25) is 0 Å². The van der Waals surface area contributed by atoms with E-state index in [1.165, 1.54) is 4.31 Å². The molecule has 2 fully saturated rings. The highest BCUT2D eigenvalue weighted by Gasteiger charge is 2.35. The molecule has 2 amide bonds. The quantitative estimate of drug-likeness (QED) is 0.646. The molecule has 0 aromatic heterocycles. The van der Waals surface area contributed by atoms with Crippen molar-refractivity contribution in [1.29, 1.82) is 0 Å². The summed E-state index contributed by atoms with van der Waals surface area (Å²) in [6, 6.07) is 11.2. The van der Waals surface area contributed by atoms with E-state index in [4.69, 9.17) is 0 Å². The molecule has 0 spiro atoms. The molecule has 2 aliphatic heterocycles. The number of carbonyl (C=O) groups excluding carboxylic acids is 2. The maximum atomic E-state index is 13.4. The first-order valence-electron chi connectivity index (χ1n) is 13.1. The first-order valence-corrected chi connectivity index (χ1v) is 14.5. The Balaban J connectivity index is 1.25. The summed E-state index contributed by atoms with van der Waals surface area (Å²) in [5.74, 6) is 0.0309. The van der Waals surface area contributed by atoms with Crippen molar-refractivity contribution in [3.05, 3.63) is 53.1 Å². The number of aryl methyl sites for hydroxylation is 3. The molecular weight excluding hydrogens is 474 g/mol. The molecule has 1 N–H and O–H groups in total. The van der Waals surface area contributed by atoms with Crippen LogP contribution in [0.1, 0.15) is 55.2 Å². The number of anilines is 2. The Kier molecular flexibility index (Phi) is 6.92. The van der Waals surface area contributed by atoms with Gasteiger partial charge in [0.2, 0.25) is 21.8 Å². The monoisotopic (exact) mass is 509 g/mol. The van der Waals surface area contributed by atoms with Crippen LogP contribution >= 0.6 is 0 Å². The molecule has 0 atom stereocenters. The highest BCUT2D eigenvalue weighted by Crippen LogP contribution is 2.36. The van der Waals surface area contributed by atoms with Crippen molar-refractivity contribution in [2.75, 3.05) is 29.9 Å². The van der Waals surface area contributed by atoms with Crippen molar-refractivity contribution in [3.63, 3.8) is 0 Å². The van der Waals surface area contributed by atoms with Crippen molar-refractivity contribution in [2.24, 2.45) is 11.8 Å². The zero-order valence-electron chi connectivity index (χ0n) is 21.1. The van der Waals surface area contributed by atoms with Crippen LogP contribution in [0.3, 0.4) is 0 Å². The summed E-state index contributed by atoms with van der Waals surface area (Å²) in [6.45, 7) is 5.29. The molecule has 192 valence electrons. The van der Waals surface area contributed by atoms with Crippen LogP contribution in [0.4, 0.5) is 11.4 Å². The van der Waals surface area contributed by atoms with Crippen LogP contribution < -0.4 is 10.2 Å². The van der Waals surface area contributed by atoms with E-state index in [1.54, 1.807) is 12.1 Å². The molecular formula is C28H35N3O4S. The zero-order valence-corrected chi connectivity index (χ0v) is 21.9. The van der Waals surface area contributed by atoms with Crippen molar-refractivity contribution < 1.29 is 18.0 Å². The van der Waals surface area contributed by atoms with Gasteiger partial charge < -0.3 is 10.2 Å². The Morgan fingerprint density at radius 3 is 2.33 bits per heavy atom. The average Bonchev–Trinajstić information content (AvgIpc) is 2.84. The molecule has 1 aliphatic carbocycles. The van der Waals surface area contributed by atoms with E-state index < -0.39 is 10.0 Å². The lowest BCUT2D eigenvalue weighted by atomic mass is 9.83. The lowest BCUT2D eigenvalue weighted by Gasteiger charge is -2.35. The van der Waals surface area contributed by atoms with Gasteiger partial charge in [0, 0.05) is 42.8 Å². The van der Waals surface area contributed by atoms with Gasteiger partial charge in [-0.05, 0) is 93.3 Å². The van der Waals surface area contributed by atoms with Gasteiger partial charge in [-0.2, -0.15) is 4.31 Å². The first-order chi connectivity index (χ1) is 17.2. The van der Waals surface area contributed by atoms with Gasteiger partial charge in [0.25, 0.3) is 0 Å². The fraction of sp³-hybridized carbons (Fsp3) is 0.500. The summed E-state index contributed by atoms with van der Waals surface area (Å²) in [4.78, 5) is 27.9. The summed E-state index contributed by atoms with van der Waals surface area (Å²) in [6.07, 6.45) is 5.61. The predicted octanol–water partition coefficient (Wildman–Crippen LogP) is 4.42. The second-order valence-electron chi connectivity index (χ2n) is 10.5. The van der Waals surface area contributed by atoms with E-state index in [-0.39, 0.29) is 28.5 Å². The summed E-state index contributed by atoms with van der Waals surface area (Å²) in [7, 11) is -3.67. The SMILES string of the molecule is Cc1ccc(C)c(NC(=O)C2CCN(S(=O)(=O)c3ccc4c(c3)CCCN4C(=O)C3CCC3)CC2)c1. The summed E-state index contributed by atoms with van der Waals surface area (Å²) >= 11 is 0. The molecule has 2 aromatic carbocycles. The minimum absolute atomic E-state index is 0.0502. The Labute approximate surface area is 213 Å². The predicted molar refractivity (Wildman–Crippen MR) is 140 cm³/mol. The normalized spacial score (nSPS) is 19.4. The number of rotatable bonds is 5. The molecule has 5 rings (SSSR count). The van der Waals surface area contributed by atoms with Crippen LogP contribution in [0.5, 0.6) is 0 Å². The summed E-state index contributed by atoms with van der Waals surface area (Å²) in [5.41, 5.74) is 4.69. The minimum atomic E-state index is -3.67. The van der Waals surface area contributed by atoms with Gasteiger partial charge in [0.05, 0.1) is 4.90 Å². The smallest absolute Gasteiger partial charge is 0.243 e. The molecule has 36 heavy (non-hydrogen) atoms. The topological polar surface area (TPSA) is 86.8 Å². The van der Waals surface area contributed by atoms with Crippen LogP contribution in [0, 0.1) is 25.7 Å². The molecule has 0 radical (unpaired) electrons. The lowest BCUT2D eigenvalue weighted by Crippen LogP contribution is -2.42. The van der Waals surface area contributed by atoms with Crippen LogP contribution in [0.15, 0.2) is 41.3 Å². The van der Waals surface area contributed by atoms with Gasteiger partial charge in [-0.3, -0.25) is 9.59 Å². The maximum absolute atomic E-state index is 13.4. The first kappa shape index (κ1) is 25.0. The number of nitrogens with zero attached hydrogens (tertiary/aromatic N) is 2. The largest absolute Gasteiger partial charge is 0.326 e. The van der Waals surface area contributed by atoms with Gasteiger partial charge in [-0.1, -0.05) is 18.6 Å². The third-order valence-corrected chi connectivity index (χ3v) is 9.90. The zero-order chi connectivity index (χ0) is 25.4. The van der Waals surface area contributed by atoms with Crippen molar-refractivity contribution in [2.45, 2.75) is 63.7 Å². The van der Waals surface area contributed by atoms with Crippen molar-refractivity contribution in [1.82, 2.24) is 4.31 Å². The molecule has 2 aromatic rings. The minimum Gasteiger partial charge on any atom is -0.326 e. The standard InChI is InChI=1S/C28H35N3O4S/c1-19-8-9-20(2)25(17-19)29-27(32)21-12-15-30(16-13-21)36(34,35)24-10-11-26-23(18-24)7-4-14-31(26)28(33)22-5-3-6-22/h8-11,17-18,21-22H,3-7,12-16H2,1-2H3,(H,29,32). The number of nitrogens with one attached hydrogen (secondary N) is 1. The molecule has 3 aliphatic rings. The van der Waals surface area contributed by atoms with Crippen LogP contribution in [-0.2, 0) is 26.0 Å². The Morgan fingerprint density at radius 1 is 0.889 bits per heavy atom. The Morgan fingerprint density at radius 2 is 1.64 bits per heavy atom. The second-order valence-corrected chi connectivity index (χ2v) is 12.4. The number of carbonyl (C=O) groups is 2. The van der Waals surface area contributed by atoms with E-state index in [1.807, 2.05) is 43.0 Å². The number of hydrogen-bond donors (Lipinski definition) is 1. The summed E-state index contributed by atoms with van der Waals surface area (Å²) < 4.78 is 28.4. The van der Waals surface area contributed by atoms with E-state index in [9.17, 15) is 18.0 Å². The fourth-order valence-electron chi connectivity index (χ4n) is 5.45. The Bertz CT molecular complexity index is 1280. The fourth-order valence-corrected chi connectivity index (χ4v) is 6.97. The number of benzene rings is 2. The van der Waals surface area contributed by atoms with Gasteiger partial charge in [0.1, 0.15) is 0 Å². The molecule has 0 bridgehead atoms. The van der Waals surface area contributed by atoms with Gasteiger partial charge in [0.15, 0.2) is 0 Å². The maximum Gasteiger partial charge on any atom is 0.243 e. The number of piperidine rings is 1. The van der Waals surface area contributed by atoms with Gasteiger partial charge in [-0.25, -0.2) is 8.42 Å². The highest BCUT2D eigenvalue weighted by molar-refractivity contribution is 7.89. The number of fused-ring (bicyclic) bond motifs is 1. The van der Waals surface area contributed by atoms with Crippen molar-refractivity contribution in [3.8, 4) is 0 Å². The number of hydrogen-bond acceptors (Lipinski definition) is 4. The average molecular weight is 510 g/mol. The highest BCUT2D eigenvalue weighted by atomic mass is 32.2. The lowest BCUT2D eigenvalue weighted by molar-refractivity contribution is -0.124. The number of amides is 2. The summed E-state index contributed by atoms with van der Waals surface area (Å²) in [5, 5.41) is 3.03. The van der Waals surface area contributed by atoms with Crippen LogP contribution in [-0.4, -0.2) is 44.2 Å². The van der Waals surface area contributed by atoms with E-state index in [2.05, 4.69) is 5.32 Å². The third-order valence-electron chi connectivity index (χ3n) is 8.00. The molecule has 8 heteroatoms. The van der Waals surface area contributed by atoms with Crippen LogP contribution in [0.25, 0.3) is 0 Å². The van der Waals surface area contributed by atoms with Gasteiger partial charge in [-0.15, -0.1) is 0 Å². The molecule has 1 saturated heterocycles. The van der Waals surface area contributed by atoms with E-state index in [0.29, 0.717) is 32.5 Å². The van der Waals surface area contributed by atoms with E-state index in [0.717, 1.165) is 60.2 Å². The third kappa shape index (κ3) is 4.81. The number of sulfonamides is 1. The Hall–Kier alpha value is -2.71. The molecule has 2 heterocycles. The molecule has 1 saturated carbocycles. The molecule has 7 nitrogen and oxygen atoms in total. The second kappa shape index (κ2) is 9.98. The van der Waals surface area contributed by atoms with E-state index >= 15 is 0 Å². The van der Waals surface area contributed by atoms with Crippen molar-refractivity contribution >= 4 is 33.2 Å². The van der Waals surface area contributed by atoms with Gasteiger partial charge >= 0.3 is 0 Å².